The van der Waals surface area contributed by atoms with E-state index < -0.39 is 0 Å². The molecule has 0 heterocycles. The van der Waals surface area contributed by atoms with E-state index in [1.165, 1.54) is 14.2 Å². The Morgan fingerprint density at radius 3 is 2.46 bits per heavy atom. The van der Waals surface area contributed by atoms with Crippen LogP contribution in [0.2, 0.25) is 0 Å². The lowest BCUT2D eigenvalue weighted by Crippen LogP contribution is -1.93. The van der Waals surface area contributed by atoms with Gasteiger partial charge in [0.2, 0.25) is 0 Å². The molecule has 1 rings (SSSR count). The Morgan fingerprint density at radius 1 is 1.31 bits per heavy atom. The molecular formula is C9H9NO2S. The fourth-order valence-corrected chi connectivity index (χ4v) is 1.31. The predicted molar refractivity (Wildman–Crippen MR) is 51.5 cm³/mol. The van der Waals surface area contributed by atoms with Gasteiger partial charge in [-0.25, -0.2) is 0 Å². The first-order chi connectivity index (χ1) is 6.24. The van der Waals surface area contributed by atoms with Crippen molar-refractivity contribution in [1.82, 2.24) is 0 Å². The molecule has 13 heavy (non-hydrogen) atoms. The summed E-state index contributed by atoms with van der Waals surface area (Å²) in [4.78, 5) is 0.625. The van der Waals surface area contributed by atoms with Crippen LogP contribution in [0, 0.1) is 11.3 Å². The Balaban J connectivity index is 3.39. The minimum atomic E-state index is 0.373. The number of methoxy groups -OCH3 is 2. The summed E-state index contributed by atoms with van der Waals surface area (Å²) in [5, 5.41) is 8.84. The third-order valence-electron chi connectivity index (χ3n) is 1.63. The number of thiol groups is 1. The van der Waals surface area contributed by atoms with Gasteiger partial charge in [-0.1, -0.05) is 0 Å². The van der Waals surface area contributed by atoms with Crippen LogP contribution in [0.15, 0.2) is 17.0 Å². The number of hydrogen-bond donors (Lipinski definition) is 1. The Morgan fingerprint density at radius 2 is 2.00 bits per heavy atom. The van der Waals surface area contributed by atoms with Crippen LogP contribution in [-0.2, 0) is 0 Å². The maximum Gasteiger partial charge on any atom is 0.153 e. The minimum absolute atomic E-state index is 0.373. The number of rotatable bonds is 2. The van der Waals surface area contributed by atoms with E-state index in [0.29, 0.717) is 22.0 Å². The summed E-state index contributed by atoms with van der Waals surface area (Å²) in [5.74, 6) is 0.947. The van der Waals surface area contributed by atoms with Crippen LogP contribution in [0.3, 0.4) is 0 Å². The van der Waals surface area contributed by atoms with E-state index in [1.807, 2.05) is 6.07 Å². The standard InChI is InChI=1S/C9H9NO2S/c1-11-7-3-4-8(13)9(12-2)6(7)5-10/h3-4,13H,1-2H3. The van der Waals surface area contributed by atoms with Gasteiger partial charge in [0, 0.05) is 4.90 Å². The molecule has 1 aromatic rings. The molecule has 0 bridgehead atoms. The van der Waals surface area contributed by atoms with Crippen molar-refractivity contribution in [2.45, 2.75) is 4.90 Å². The van der Waals surface area contributed by atoms with Crippen LogP contribution >= 0.6 is 12.6 Å². The van der Waals surface area contributed by atoms with Crippen molar-refractivity contribution in [1.29, 1.82) is 5.26 Å². The van der Waals surface area contributed by atoms with Gasteiger partial charge in [0.25, 0.3) is 0 Å². The van der Waals surface area contributed by atoms with Crippen molar-refractivity contribution in [3.8, 4) is 17.6 Å². The Bertz CT molecular complexity index is 357. The normalized spacial score (nSPS) is 9.08. The van der Waals surface area contributed by atoms with Gasteiger partial charge in [0.05, 0.1) is 14.2 Å². The Hall–Kier alpha value is -1.34. The molecular weight excluding hydrogens is 186 g/mol. The van der Waals surface area contributed by atoms with Gasteiger partial charge in [-0.2, -0.15) is 5.26 Å². The summed E-state index contributed by atoms with van der Waals surface area (Å²) in [6.07, 6.45) is 0. The Labute approximate surface area is 82.3 Å². The summed E-state index contributed by atoms with van der Waals surface area (Å²) in [7, 11) is 3.00. The molecule has 1 aromatic carbocycles. The summed E-state index contributed by atoms with van der Waals surface area (Å²) in [6.45, 7) is 0. The number of nitriles is 1. The van der Waals surface area contributed by atoms with Crippen LogP contribution in [0.4, 0.5) is 0 Å². The maximum absolute atomic E-state index is 8.84. The zero-order valence-electron chi connectivity index (χ0n) is 7.37. The Kier molecular flexibility index (Phi) is 3.04. The highest BCUT2D eigenvalue weighted by molar-refractivity contribution is 7.80. The van der Waals surface area contributed by atoms with Gasteiger partial charge in [-0.05, 0) is 12.1 Å². The molecule has 0 aliphatic carbocycles. The van der Waals surface area contributed by atoms with Crippen molar-refractivity contribution in [2.24, 2.45) is 0 Å². The first-order valence-electron chi connectivity index (χ1n) is 3.58. The van der Waals surface area contributed by atoms with Gasteiger partial charge >= 0.3 is 0 Å². The number of hydrogen-bond acceptors (Lipinski definition) is 4. The van der Waals surface area contributed by atoms with E-state index in [-0.39, 0.29) is 0 Å². The maximum atomic E-state index is 8.84. The zero-order valence-corrected chi connectivity index (χ0v) is 8.26. The molecule has 0 saturated heterocycles. The lowest BCUT2D eigenvalue weighted by atomic mass is 10.2. The van der Waals surface area contributed by atoms with E-state index in [1.54, 1.807) is 12.1 Å². The van der Waals surface area contributed by atoms with Gasteiger partial charge in [-0.15, -0.1) is 12.6 Å². The minimum Gasteiger partial charge on any atom is -0.495 e. The average Bonchev–Trinajstić information content (AvgIpc) is 2.17. The highest BCUT2D eigenvalue weighted by atomic mass is 32.1. The lowest BCUT2D eigenvalue weighted by Gasteiger charge is -2.09. The highest BCUT2D eigenvalue weighted by Gasteiger charge is 2.11. The van der Waals surface area contributed by atoms with Crippen molar-refractivity contribution < 1.29 is 9.47 Å². The van der Waals surface area contributed by atoms with Gasteiger partial charge in [-0.3, -0.25) is 0 Å². The van der Waals surface area contributed by atoms with Crippen molar-refractivity contribution in [3.63, 3.8) is 0 Å². The molecule has 0 unspecified atom stereocenters. The molecule has 0 aliphatic rings. The smallest absolute Gasteiger partial charge is 0.153 e. The van der Waals surface area contributed by atoms with Crippen molar-refractivity contribution in [2.75, 3.05) is 14.2 Å². The second kappa shape index (κ2) is 4.06. The van der Waals surface area contributed by atoms with Crippen LogP contribution in [-0.4, -0.2) is 14.2 Å². The third-order valence-corrected chi connectivity index (χ3v) is 1.99. The molecule has 0 fully saturated rings. The molecule has 0 saturated carbocycles. The number of ether oxygens (including phenoxy) is 2. The van der Waals surface area contributed by atoms with E-state index in [4.69, 9.17) is 14.7 Å². The number of benzene rings is 1. The molecule has 0 radical (unpaired) electrons. The fraction of sp³-hybridized carbons (Fsp3) is 0.222. The molecule has 0 atom stereocenters. The van der Waals surface area contributed by atoms with Crippen LogP contribution in [0.1, 0.15) is 5.56 Å². The molecule has 0 amide bonds. The molecule has 0 spiro atoms. The molecule has 3 nitrogen and oxygen atoms in total. The molecule has 0 aromatic heterocycles. The first-order valence-corrected chi connectivity index (χ1v) is 4.03. The average molecular weight is 195 g/mol. The lowest BCUT2D eigenvalue weighted by molar-refractivity contribution is 0.385. The third kappa shape index (κ3) is 1.70. The molecule has 0 N–H and O–H groups in total. The fourth-order valence-electron chi connectivity index (χ4n) is 1.04. The summed E-state index contributed by atoms with van der Waals surface area (Å²) in [6, 6.07) is 5.42. The summed E-state index contributed by atoms with van der Waals surface area (Å²) in [5.41, 5.74) is 0.373. The largest absolute Gasteiger partial charge is 0.495 e. The molecule has 68 valence electrons. The van der Waals surface area contributed by atoms with Gasteiger partial charge in [0.1, 0.15) is 17.4 Å². The topological polar surface area (TPSA) is 42.2 Å². The van der Waals surface area contributed by atoms with Crippen molar-refractivity contribution >= 4 is 12.6 Å². The second-order valence-electron chi connectivity index (χ2n) is 2.31. The predicted octanol–water partition coefficient (Wildman–Crippen LogP) is 1.86. The molecule has 0 aliphatic heterocycles. The first kappa shape index (κ1) is 9.75. The summed E-state index contributed by atoms with van der Waals surface area (Å²) < 4.78 is 10.0. The zero-order chi connectivity index (χ0) is 9.84. The quantitative estimate of drug-likeness (QED) is 0.732. The van der Waals surface area contributed by atoms with Crippen LogP contribution in [0.5, 0.6) is 11.5 Å². The van der Waals surface area contributed by atoms with E-state index >= 15 is 0 Å². The van der Waals surface area contributed by atoms with E-state index in [9.17, 15) is 0 Å². The van der Waals surface area contributed by atoms with Crippen molar-refractivity contribution in [3.05, 3.63) is 17.7 Å². The highest BCUT2D eigenvalue weighted by Crippen LogP contribution is 2.33. The molecule has 4 heteroatoms. The van der Waals surface area contributed by atoms with E-state index in [2.05, 4.69) is 12.6 Å². The summed E-state index contributed by atoms with van der Waals surface area (Å²) >= 11 is 4.16. The van der Waals surface area contributed by atoms with E-state index in [0.717, 1.165) is 0 Å². The monoisotopic (exact) mass is 195 g/mol. The van der Waals surface area contributed by atoms with Crippen LogP contribution in [0.25, 0.3) is 0 Å². The second-order valence-corrected chi connectivity index (χ2v) is 2.79. The SMILES string of the molecule is COc1ccc(S)c(OC)c1C#N. The van der Waals surface area contributed by atoms with Gasteiger partial charge in [0.15, 0.2) is 5.75 Å². The number of nitrogens with zero attached hydrogens (tertiary/aromatic N) is 1. The van der Waals surface area contributed by atoms with Crippen LogP contribution < -0.4 is 9.47 Å². The van der Waals surface area contributed by atoms with Gasteiger partial charge < -0.3 is 9.47 Å².